The summed E-state index contributed by atoms with van der Waals surface area (Å²) in [4.78, 5) is 27.8. The fourth-order valence-corrected chi connectivity index (χ4v) is 2.89. The van der Waals surface area contributed by atoms with E-state index in [1.54, 1.807) is 7.05 Å². The Bertz CT molecular complexity index is 354. The number of carbonyl (C=O) groups excluding carboxylic acids is 2. The maximum Gasteiger partial charge on any atom is 0.233 e. The summed E-state index contributed by atoms with van der Waals surface area (Å²) in [6.07, 6.45) is 1.93. The Morgan fingerprint density at radius 1 is 1.25 bits per heavy atom. The minimum Gasteiger partial charge on any atom is -0.378 e. The van der Waals surface area contributed by atoms with E-state index in [1.165, 1.54) is 0 Å². The van der Waals surface area contributed by atoms with Gasteiger partial charge in [-0.15, -0.1) is 0 Å². The van der Waals surface area contributed by atoms with E-state index in [2.05, 4.69) is 10.2 Å². The van der Waals surface area contributed by atoms with Crippen molar-refractivity contribution in [2.24, 2.45) is 5.92 Å². The van der Waals surface area contributed by atoms with Crippen LogP contribution >= 0.6 is 0 Å². The van der Waals surface area contributed by atoms with Crippen LogP contribution in [0.3, 0.4) is 0 Å². The van der Waals surface area contributed by atoms with Gasteiger partial charge in [-0.3, -0.25) is 14.5 Å². The molecule has 0 aromatic carbocycles. The van der Waals surface area contributed by atoms with Crippen molar-refractivity contribution in [3.8, 4) is 0 Å². The van der Waals surface area contributed by atoms with Crippen molar-refractivity contribution in [1.29, 1.82) is 0 Å². The number of piperazine rings is 1. The summed E-state index contributed by atoms with van der Waals surface area (Å²) in [6.45, 7) is 6.12. The molecular formula is C14H25N3O3. The van der Waals surface area contributed by atoms with E-state index >= 15 is 0 Å². The third kappa shape index (κ3) is 3.70. The second-order valence-electron chi connectivity index (χ2n) is 5.60. The van der Waals surface area contributed by atoms with Gasteiger partial charge in [0.25, 0.3) is 0 Å². The Morgan fingerprint density at radius 3 is 2.55 bits per heavy atom. The monoisotopic (exact) mass is 283 g/mol. The summed E-state index contributed by atoms with van der Waals surface area (Å²) < 4.78 is 5.58. The number of rotatable bonds is 3. The molecule has 2 saturated heterocycles. The molecule has 114 valence electrons. The van der Waals surface area contributed by atoms with Crippen LogP contribution in [0.5, 0.6) is 0 Å². The molecule has 2 heterocycles. The lowest BCUT2D eigenvalue weighted by molar-refractivity contribution is -0.145. The number of nitrogens with one attached hydrogen (secondary N) is 1. The van der Waals surface area contributed by atoms with Gasteiger partial charge in [0, 0.05) is 39.8 Å². The average molecular weight is 283 g/mol. The number of hydrogen-bond acceptors (Lipinski definition) is 4. The third-order valence-corrected chi connectivity index (χ3v) is 4.25. The number of nitrogens with zero attached hydrogens (tertiary/aromatic N) is 2. The van der Waals surface area contributed by atoms with E-state index < -0.39 is 0 Å². The molecule has 0 radical (unpaired) electrons. The average Bonchev–Trinajstić information content (AvgIpc) is 2.47. The predicted molar refractivity (Wildman–Crippen MR) is 75.2 cm³/mol. The van der Waals surface area contributed by atoms with E-state index in [-0.39, 0.29) is 23.8 Å². The van der Waals surface area contributed by atoms with Crippen LogP contribution in [-0.2, 0) is 14.3 Å². The van der Waals surface area contributed by atoms with Crippen molar-refractivity contribution in [3.05, 3.63) is 0 Å². The molecule has 0 aromatic rings. The number of hydrogen-bond donors (Lipinski definition) is 1. The van der Waals surface area contributed by atoms with Crippen LogP contribution in [0.15, 0.2) is 0 Å². The molecule has 1 N–H and O–H groups in total. The molecule has 0 spiro atoms. The maximum atomic E-state index is 12.5. The quantitative estimate of drug-likeness (QED) is 0.772. The molecule has 2 fully saturated rings. The Kier molecular flexibility index (Phi) is 5.37. The Hall–Kier alpha value is -1.14. The second-order valence-corrected chi connectivity index (χ2v) is 5.60. The highest BCUT2D eigenvalue weighted by molar-refractivity contribution is 5.80. The molecule has 6 heteroatoms. The van der Waals surface area contributed by atoms with Crippen LogP contribution in [0, 0.1) is 5.92 Å². The SMILES string of the molecule is CNC(=O)CN1CCN(C(=O)[C@H]2CCCO[C@@H]2C)CC1. The van der Waals surface area contributed by atoms with Crippen molar-refractivity contribution >= 4 is 11.8 Å². The first-order valence-corrected chi connectivity index (χ1v) is 7.45. The van der Waals surface area contributed by atoms with Gasteiger partial charge in [0.05, 0.1) is 18.6 Å². The highest BCUT2D eigenvalue weighted by Crippen LogP contribution is 2.23. The lowest BCUT2D eigenvalue weighted by Crippen LogP contribution is -2.53. The summed E-state index contributed by atoms with van der Waals surface area (Å²) in [6, 6.07) is 0. The number of ether oxygens (including phenoxy) is 1. The predicted octanol–water partition coefficient (Wildman–Crippen LogP) is -0.308. The summed E-state index contributed by atoms with van der Waals surface area (Å²) in [7, 11) is 1.65. The van der Waals surface area contributed by atoms with Crippen LogP contribution in [0.1, 0.15) is 19.8 Å². The molecule has 0 saturated carbocycles. The van der Waals surface area contributed by atoms with Crippen molar-refractivity contribution in [2.45, 2.75) is 25.9 Å². The van der Waals surface area contributed by atoms with Gasteiger partial charge >= 0.3 is 0 Å². The summed E-state index contributed by atoms with van der Waals surface area (Å²) in [5.74, 6) is 0.255. The van der Waals surface area contributed by atoms with E-state index in [0.29, 0.717) is 19.6 Å². The van der Waals surface area contributed by atoms with Crippen LogP contribution in [0.25, 0.3) is 0 Å². The van der Waals surface area contributed by atoms with Crippen molar-refractivity contribution in [3.63, 3.8) is 0 Å². The van der Waals surface area contributed by atoms with E-state index in [9.17, 15) is 9.59 Å². The van der Waals surface area contributed by atoms with Gasteiger partial charge in [-0.1, -0.05) is 0 Å². The summed E-state index contributed by atoms with van der Waals surface area (Å²) in [5.41, 5.74) is 0. The highest BCUT2D eigenvalue weighted by Gasteiger charge is 2.33. The summed E-state index contributed by atoms with van der Waals surface area (Å²) in [5, 5.41) is 2.63. The standard InChI is InChI=1S/C14H25N3O3/c1-11-12(4-3-9-20-11)14(19)17-7-5-16(6-8-17)10-13(18)15-2/h11-12H,3-10H2,1-2H3,(H,15,18)/t11-,12+/m1/s1. The molecule has 2 atom stereocenters. The Labute approximate surface area is 120 Å². The molecule has 0 aliphatic carbocycles. The zero-order valence-corrected chi connectivity index (χ0v) is 12.4. The van der Waals surface area contributed by atoms with Gasteiger partial charge in [0.1, 0.15) is 0 Å². The number of amides is 2. The molecule has 0 bridgehead atoms. The van der Waals surface area contributed by atoms with Crippen molar-refractivity contribution in [2.75, 3.05) is 46.4 Å². The highest BCUT2D eigenvalue weighted by atomic mass is 16.5. The zero-order valence-electron chi connectivity index (χ0n) is 12.4. The number of likely N-dealkylation sites (N-methyl/N-ethyl adjacent to an activating group) is 1. The fraction of sp³-hybridized carbons (Fsp3) is 0.857. The van der Waals surface area contributed by atoms with Crippen LogP contribution in [-0.4, -0.2) is 74.1 Å². The van der Waals surface area contributed by atoms with Crippen LogP contribution in [0.2, 0.25) is 0 Å². The molecular weight excluding hydrogens is 258 g/mol. The minimum absolute atomic E-state index is 0.00856. The van der Waals surface area contributed by atoms with Gasteiger partial charge in [-0.2, -0.15) is 0 Å². The largest absolute Gasteiger partial charge is 0.378 e. The third-order valence-electron chi connectivity index (χ3n) is 4.25. The lowest BCUT2D eigenvalue weighted by atomic mass is 9.93. The van der Waals surface area contributed by atoms with Crippen LogP contribution in [0.4, 0.5) is 0 Å². The van der Waals surface area contributed by atoms with Gasteiger partial charge in [-0.05, 0) is 19.8 Å². The first-order valence-electron chi connectivity index (χ1n) is 7.45. The molecule has 2 rings (SSSR count). The zero-order chi connectivity index (χ0) is 14.5. The Balaban J connectivity index is 1.80. The van der Waals surface area contributed by atoms with Crippen LogP contribution < -0.4 is 5.32 Å². The normalized spacial score (nSPS) is 28.2. The topological polar surface area (TPSA) is 61.9 Å². The first kappa shape index (κ1) is 15.3. The van der Waals surface area contributed by atoms with Gasteiger partial charge in [0.15, 0.2) is 0 Å². The van der Waals surface area contributed by atoms with E-state index in [0.717, 1.165) is 32.5 Å². The van der Waals surface area contributed by atoms with Crippen molar-refractivity contribution in [1.82, 2.24) is 15.1 Å². The molecule has 20 heavy (non-hydrogen) atoms. The van der Waals surface area contributed by atoms with E-state index in [4.69, 9.17) is 4.74 Å². The van der Waals surface area contributed by atoms with Gasteiger partial charge < -0.3 is 15.0 Å². The smallest absolute Gasteiger partial charge is 0.233 e. The molecule has 2 aliphatic heterocycles. The van der Waals surface area contributed by atoms with Crippen molar-refractivity contribution < 1.29 is 14.3 Å². The molecule has 6 nitrogen and oxygen atoms in total. The number of carbonyl (C=O) groups is 2. The second kappa shape index (κ2) is 7.04. The lowest BCUT2D eigenvalue weighted by Gasteiger charge is -2.38. The first-order chi connectivity index (χ1) is 9.61. The molecule has 2 aliphatic rings. The molecule has 0 aromatic heterocycles. The fourth-order valence-electron chi connectivity index (χ4n) is 2.89. The van der Waals surface area contributed by atoms with Gasteiger partial charge in [0.2, 0.25) is 11.8 Å². The Morgan fingerprint density at radius 2 is 1.95 bits per heavy atom. The molecule has 0 unspecified atom stereocenters. The van der Waals surface area contributed by atoms with E-state index in [1.807, 2.05) is 11.8 Å². The molecule has 2 amide bonds. The van der Waals surface area contributed by atoms with Gasteiger partial charge in [-0.25, -0.2) is 0 Å². The minimum atomic E-state index is 0.00856. The maximum absolute atomic E-state index is 12.5. The summed E-state index contributed by atoms with van der Waals surface area (Å²) >= 11 is 0.